The van der Waals surface area contributed by atoms with Gasteiger partial charge in [0.2, 0.25) is 11.8 Å². The molecule has 2 N–H and O–H groups in total. The molecule has 0 spiro atoms. The number of carbonyl (C=O) groups excluding carboxylic acids is 2. The van der Waals surface area contributed by atoms with Crippen LogP contribution in [0.4, 0.5) is 11.4 Å². The molecule has 1 heterocycles. The van der Waals surface area contributed by atoms with Crippen molar-refractivity contribution in [3.63, 3.8) is 0 Å². The molecule has 1 aliphatic rings. The summed E-state index contributed by atoms with van der Waals surface area (Å²) in [7, 11) is 0. The molecule has 0 atom stereocenters. The van der Waals surface area contributed by atoms with Crippen molar-refractivity contribution in [3.05, 3.63) is 59.1 Å². The number of hydrogen-bond acceptors (Lipinski definition) is 4. The second kappa shape index (κ2) is 10.4. The minimum absolute atomic E-state index is 0.0246. The summed E-state index contributed by atoms with van der Waals surface area (Å²) in [5, 5.41) is 6.39. The Labute approximate surface area is 176 Å². The zero-order chi connectivity index (χ0) is 20.6. The van der Waals surface area contributed by atoms with Gasteiger partial charge in [0.05, 0.1) is 6.54 Å². The van der Waals surface area contributed by atoms with Crippen LogP contribution in [0.15, 0.2) is 48.5 Å². The fraction of sp³-hybridized carbons (Fsp3) is 0.364. The van der Waals surface area contributed by atoms with E-state index in [1.807, 2.05) is 12.1 Å². The number of benzene rings is 2. The summed E-state index contributed by atoms with van der Waals surface area (Å²) in [6.45, 7) is 6.47. The van der Waals surface area contributed by atoms with Crippen LogP contribution >= 0.6 is 11.6 Å². The van der Waals surface area contributed by atoms with Gasteiger partial charge in [-0.15, -0.1) is 0 Å². The van der Waals surface area contributed by atoms with Gasteiger partial charge in [-0.1, -0.05) is 23.7 Å². The van der Waals surface area contributed by atoms with Crippen LogP contribution in [0.25, 0.3) is 0 Å². The van der Waals surface area contributed by atoms with Gasteiger partial charge in [0, 0.05) is 43.0 Å². The minimum atomic E-state index is -0.118. The first-order valence-electron chi connectivity index (χ1n) is 9.84. The lowest BCUT2D eigenvalue weighted by Gasteiger charge is -2.21. The van der Waals surface area contributed by atoms with Gasteiger partial charge in [-0.05, 0) is 61.5 Å². The summed E-state index contributed by atoms with van der Waals surface area (Å²) in [5.41, 5.74) is 2.69. The van der Waals surface area contributed by atoms with Crippen LogP contribution in [0.1, 0.15) is 18.9 Å². The second-order valence-electron chi connectivity index (χ2n) is 7.34. The van der Waals surface area contributed by atoms with Gasteiger partial charge in [-0.3, -0.25) is 19.4 Å². The molecule has 0 bridgehead atoms. The molecule has 3 rings (SSSR count). The first-order chi connectivity index (χ1) is 14.0. The van der Waals surface area contributed by atoms with Crippen molar-refractivity contribution in [1.82, 2.24) is 9.80 Å². The Kier molecular flexibility index (Phi) is 7.63. The third-order valence-corrected chi connectivity index (χ3v) is 5.11. The number of carbonyl (C=O) groups is 2. The maximum atomic E-state index is 12.4. The van der Waals surface area contributed by atoms with E-state index in [1.54, 1.807) is 24.3 Å². The van der Waals surface area contributed by atoms with Crippen molar-refractivity contribution < 1.29 is 9.59 Å². The van der Waals surface area contributed by atoms with Gasteiger partial charge in [-0.25, -0.2) is 0 Å². The zero-order valence-electron chi connectivity index (χ0n) is 16.7. The third kappa shape index (κ3) is 7.16. The molecule has 29 heavy (non-hydrogen) atoms. The standard InChI is InChI=1S/C22H27ClN4O2/c1-17(28)24-20-7-9-21(10-8-20)25-22(29)16-27-12-2-11-26(13-14-27)15-18-3-5-19(23)6-4-18/h3-10H,2,11-16H2,1H3,(H,24,28)(H,25,29). The summed E-state index contributed by atoms with van der Waals surface area (Å²) in [4.78, 5) is 28.1. The SMILES string of the molecule is CC(=O)Nc1ccc(NC(=O)CN2CCCN(Cc3ccc(Cl)cc3)CC2)cc1. The molecule has 1 saturated heterocycles. The molecule has 0 saturated carbocycles. The number of halogens is 1. The van der Waals surface area contributed by atoms with Crippen molar-refractivity contribution in [3.8, 4) is 0 Å². The van der Waals surface area contributed by atoms with E-state index in [9.17, 15) is 9.59 Å². The fourth-order valence-electron chi connectivity index (χ4n) is 3.43. The Morgan fingerprint density at radius 3 is 2.10 bits per heavy atom. The molecule has 0 aromatic heterocycles. The number of hydrogen-bond donors (Lipinski definition) is 2. The van der Waals surface area contributed by atoms with Gasteiger partial charge >= 0.3 is 0 Å². The third-order valence-electron chi connectivity index (χ3n) is 4.86. The van der Waals surface area contributed by atoms with Crippen molar-refractivity contribution >= 4 is 34.8 Å². The number of amides is 2. The normalized spacial score (nSPS) is 15.5. The highest BCUT2D eigenvalue weighted by Gasteiger charge is 2.17. The van der Waals surface area contributed by atoms with E-state index in [2.05, 4.69) is 32.6 Å². The van der Waals surface area contributed by atoms with E-state index in [-0.39, 0.29) is 11.8 Å². The van der Waals surface area contributed by atoms with Crippen molar-refractivity contribution in [1.29, 1.82) is 0 Å². The topological polar surface area (TPSA) is 64.7 Å². The second-order valence-corrected chi connectivity index (χ2v) is 7.78. The average molecular weight is 415 g/mol. The molecule has 1 fully saturated rings. The molecule has 2 amide bonds. The van der Waals surface area contributed by atoms with Crippen LogP contribution in [0.5, 0.6) is 0 Å². The van der Waals surface area contributed by atoms with Crippen LogP contribution in [0, 0.1) is 0 Å². The van der Waals surface area contributed by atoms with Crippen molar-refractivity contribution in [2.24, 2.45) is 0 Å². The van der Waals surface area contributed by atoms with Gasteiger partial charge in [0.15, 0.2) is 0 Å². The van der Waals surface area contributed by atoms with Gasteiger partial charge < -0.3 is 10.6 Å². The largest absolute Gasteiger partial charge is 0.326 e. The Hall–Kier alpha value is -2.41. The van der Waals surface area contributed by atoms with Crippen molar-refractivity contribution in [2.75, 3.05) is 43.4 Å². The summed E-state index contributed by atoms with van der Waals surface area (Å²) >= 11 is 5.96. The van der Waals surface area contributed by atoms with Crippen LogP contribution < -0.4 is 10.6 Å². The summed E-state index contributed by atoms with van der Waals surface area (Å²) in [6.07, 6.45) is 1.03. The van der Waals surface area contributed by atoms with E-state index >= 15 is 0 Å². The van der Waals surface area contributed by atoms with E-state index < -0.39 is 0 Å². The first kappa shape index (κ1) is 21.3. The Morgan fingerprint density at radius 2 is 1.45 bits per heavy atom. The molecule has 2 aromatic carbocycles. The number of nitrogens with zero attached hydrogens (tertiary/aromatic N) is 2. The first-order valence-corrected chi connectivity index (χ1v) is 10.2. The predicted molar refractivity (Wildman–Crippen MR) is 117 cm³/mol. The molecular formula is C22H27ClN4O2. The van der Waals surface area contributed by atoms with Crippen LogP contribution in [0.3, 0.4) is 0 Å². The van der Waals surface area contributed by atoms with Gasteiger partial charge in [-0.2, -0.15) is 0 Å². The van der Waals surface area contributed by atoms with Gasteiger partial charge in [0.25, 0.3) is 0 Å². The highest BCUT2D eigenvalue weighted by molar-refractivity contribution is 6.30. The summed E-state index contributed by atoms with van der Waals surface area (Å²) in [6, 6.07) is 15.1. The maximum absolute atomic E-state index is 12.4. The molecule has 6 nitrogen and oxygen atoms in total. The molecule has 154 valence electrons. The van der Waals surface area contributed by atoms with Crippen molar-refractivity contribution in [2.45, 2.75) is 19.9 Å². The monoisotopic (exact) mass is 414 g/mol. The molecular weight excluding hydrogens is 388 g/mol. The van der Waals surface area contributed by atoms with Crippen LogP contribution in [-0.4, -0.2) is 54.3 Å². The lowest BCUT2D eigenvalue weighted by molar-refractivity contribution is -0.117. The fourth-order valence-corrected chi connectivity index (χ4v) is 3.56. The molecule has 2 aromatic rings. The quantitative estimate of drug-likeness (QED) is 0.759. The number of rotatable bonds is 6. The van der Waals surface area contributed by atoms with Gasteiger partial charge in [0.1, 0.15) is 0 Å². The molecule has 0 unspecified atom stereocenters. The number of anilines is 2. The highest BCUT2D eigenvalue weighted by Crippen LogP contribution is 2.15. The zero-order valence-corrected chi connectivity index (χ0v) is 17.4. The molecule has 7 heteroatoms. The minimum Gasteiger partial charge on any atom is -0.326 e. The Bertz CT molecular complexity index is 824. The molecule has 1 aliphatic heterocycles. The van der Waals surface area contributed by atoms with E-state index in [0.717, 1.165) is 49.9 Å². The molecule has 0 radical (unpaired) electrons. The maximum Gasteiger partial charge on any atom is 0.238 e. The highest BCUT2D eigenvalue weighted by atomic mass is 35.5. The smallest absolute Gasteiger partial charge is 0.238 e. The average Bonchev–Trinajstić information content (AvgIpc) is 2.90. The van der Waals surface area contributed by atoms with Crippen LogP contribution in [-0.2, 0) is 16.1 Å². The van der Waals surface area contributed by atoms with Crippen LogP contribution in [0.2, 0.25) is 5.02 Å². The lowest BCUT2D eigenvalue weighted by atomic mass is 10.2. The van der Waals surface area contributed by atoms with E-state index in [0.29, 0.717) is 12.2 Å². The predicted octanol–water partition coefficient (Wildman–Crippen LogP) is 3.44. The number of nitrogens with one attached hydrogen (secondary N) is 2. The summed E-state index contributed by atoms with van der Waals surface area (Å²) < 4.78 is 0. The Balaban J connectivity index is 1.45. The lowest BCUT2D eigenvalue weighted by Crippen LogP contribution is -2.36. The van der Waals surface area contributed by atoms with E-state index in [1.165, 1.54) is 12.5 Å². The van der Waals surface area contributed by atoms with E-state index in [4.69, 9.17) is 11.6 Å². The summed E-state index contributed by atoms with van der Waals surface area (Å²) in [5.74, 6) is -0.142. The molecule has 0 aliphatic carbocycles. The Morgan fingerprint density at radius 1 is 0.862 bits per heavy atom.